The van der Waals surface area contributed by atoms with Gasteiger partial charge in [0.05, 0.1) is 17.1 Å². The Bertz CT molecular complexity index is 615. The Morgan fingerprint density at radius 2 is 2.26 bits per heavy atom. The lowest BCUT2D eigenvalue weighted by Crippen LogP contribution is -2.22. The van der Waals surface area contributed by atoms with Crippen LogP contribution in [0.25, 0.3) is 0 Å². The van der Waals surface area contributed by atoms with Gasteiger partial charge in [-0.2, -0.15) is 0 Å². The summed E-state index contributed by atoms with van der Waals surface area (Å²) in [5, 5.41) is 11.4. The first-order valence-corrected chi connectivity index (χ1v) is 7.38. The van der Waals surface area contributed by atoms with Crippen molar-refractivity contribution in [3.63, 3.8) is 0 Å². The van der Waals surface area contributed by atoms with Crippen LogP contribution in [0.2, 0.25) is 0 Å². The molecule has 0 amide bonds. The Morgan fingerprint density at radius 1 is 1.53 bits per heavy atom. The smallest absolute Gasteiger partial charge is 0.176 e. The van der Waals surface area contributed by atoms with E-state index in [1.54, 1.807) is 0 Å². The van der Waals surface area contributed by atoms with Crippen LogP contribution in [0.15, 0.2) is 23.4 Å². The van der Waals surface area contributed by atoms with E-state index in [0.717, 1.165) is 6.07 Å². The molecule has 8 heteroatoms. The molecule has 0 radical (unpaired) electrons. The van der Waals surface area contributed by atoms with Crippen molar-refractivity contribution in [2.24, 2.45) is 10.9 Å². The minimum atomic E-state index is -3.09. The average Bonchev–Trinajstić information content (AvgIpc) is 2.68. The minimum Gasteiger partial charge on any atom is -0.488 e. The van der Waals surface area contributed by atoms with Gasteiger partial charge in [-0.15, -0.1) is 0 Å². The first kappa shape index (κ1) is 13.6. The highest BCUT2D eigenvalue weighted by atomic mass is 32.2. The summed E-state index contributed by atoms with van der Waals surface area (Å²) in [6, 6.07) is 4.00. The maximum atomic E-state index is 13.6. The predicted octanol–water partition coefficient (Wildman–Crippen LogP) is 0.486. The van der Waals surface area contributed by atoms with E-state index in [4.69, 9.17) is 15.7 Å². The van der Waals surface area contributed by atoms with Gasteiger partial charge in [0, 0.05) is 0 Å². The molecule has 0 aromatic heterocycles. The van der Waals surface area contributed by atoms with Crippen LogP contribution < -0.4 is 10.5 Å². The third-order valence-electron chi connectivity index (χ3n) is 2.82. The second-order valence-corrected chi connectivity index (χ2v) is 6.47. The summed E-state index contributed by atoms with van der Waals surface area (Å²) in [5.41, 5.74) is 5.21. The van der Waals surface area contributed by atoms with Gasteiger partial charge in [-0.25, -0.2) is 12.8 Å². The molecule has 3 N–H and O–H groups in total. The van der Waals surface area contributed by atoms with Crippen LogP contribution in [-0.2, 0) is 9.84 Å². The van der Waals surface area contributed by atoms with Gasteiger partial charge in [-0.3, -0.25) is 0 Å². The molecule has 1 saturated heterocycles. The molecule has 1 unspecified atom stereocenters. The van der Waals surface area contributed by atoms with Crippen molar-refractivity contribution in [3.8, 4) is 5.75 Å². The second-order valence-electron chi connectivity index (χ2n) is 4.24. The summed E-state index contributed by atoms with van der Waals surface area (Å²) in [6.07, 6.45) is -0.203. The number of oxime groups is 1. The Labute approximate surface area is 109 Å². The van der Waals surface area contributed by atoms with Gasteiger partial charge < -0.3 is 15.7 Å². The Balaban J connectivity index is 2.29. The van der Waals surface area contributed by atoms with Gasteiger partial charge in [-0.1, -0.05) is 11.2 Å². The normalized spacial score (nSPS) is 22.4. The number of halogens is 1. The van der Waals surface area contributed by atoms with Crippen LogP contribution >= 0.6 is 0 Å². The highest BCUT2D eigenvalue weighted by Gasteiger charge is 2.30. The summed E-state index contributed by atoms with van der Waals surface area (Å²) in [7, 11) is -3.09. The molecule has 0 aliphatic carbocycles. The molecule has 0 saturated carbocycles. The van der Waals surface area contributed by atoms with Crippen LogP contribution in [-0.4, -0.2) is 37.1 Å². The van der Waals surface area contributed by atoms with E-state index in [9.17, 15) is 12.8 Å². The molecule has 1 heterocycles. The molecule has 1 atom stereocenters. The molecule has 6 nitrogen and oxygen atoms in total. The van der Waals surface area contributed by atoms with Gasteiger partial charge in [0.2, 0.25) is 0 Å². The topological polar surface area (TPSA) is 102 Å². The fourth-order valence-corrected chi connectivity index (χ4v) is 3.52. The average molecular weight is 288 g/mol. The summed E-state index contributed by atoms with van der Waals surface area (Å²) in [5.74, 6) is -1.12. The van der Waals surface area contributed by atoms with Gasteiger partial charge >= 0.3 is 0 Å². The lowest BCUT2D eigenvalue weighted by molar-refractivity contribution is 0.227. The highest BCUT2D eigenvalue weighted by Crippen LogP contribution is 2.25. The number of benzene rings is 1. The zero-order valence-electron chi connectivity index (χ0n) is 9.91. The van der Waals surface area contributed by atoms with Crippen LogP contribution in [0.4, 0.5) is 4.39 Å². The van der Waals surface area contributed by atoms with Crippen LogP contribution in [0.3, 0.4) is 0 Å². The highest BCUT2D eigenvalue weighted by molar-refractivity contribution is 7.91. The second kappa shape index (κ2) is 5.04. The molecule has 104 valence electrons. The largest absolute Gasteiger partial charge is 0.488 e. The van der Waals surface area contributed by atoms with Crippen molar-refractivity contribution >= 4 is 15.7 Å². The third-order valence-corrected chi connectivity index (χ3v) is 4.56. The molecule has 0 spiro atoms. The van der Waals surface area contributed by atoms with Gasteiger partial charge in [0.1, 0.15) is 17.7 Å². The zero-order chi connectivity index (χ0) is 14.0. The van der Waals surface area contributed by atoms with Crippen molar-refractivity contribution < 1.29 is 22.8 Å². The van der Waals surface area contributed by atoms with E-state index >= 15 is 0 Å². The molecule has 19 heavy (non-hydrogen) atoms. The molecule has 1 aromatic carbocycles. The lowest BCUT2D eigenvalue weighted by Gasteiger charge is -2.15. The summed E-state index contributed by atoms with van der Waals surface area (Å²) in [6.45, 7) is 0. The van der Waals surface area contributed by atoms with Crippen molar-refractivity contribution in [2.75, 3.05) is 11.5 Å². The van der Waals surface area contributed by atoms with E-state index in [-0.39, 0.29) is 22.8 Å². The van der Waals surface area contributed by atoms with Gasteiger partial charge in [-0.05, 0) is 18.6 Å². The fraction of sp³-hybridized carbons (Fsp3) is 0.364. The minimum absolute atomic E-state index is 0.0475. The van der Waals surface area contributed by atoms with Crippen molar-refractivity contribution in [1.82, 2.24) is 0 Å². The van der Waals surface area contributed by atoms with Crippen LogP contribution in [0.5, 0.6) is 5.75 Å². The number of amidine groups is 1. The molecule has 1 fully saturated rings. The van der Waals surface area contributed by atoms with E-state index in [2.05, 4.69) is 5.16 Å². The Morgan fingerprint density at radius 3 is 2.84 bits per heavy atom. The first-order chi connectivity index (χ1) is 8.93. The standard InChI is InChI=1S/C11H13FN2O4S/c12-8-2-1-3-9(10(8)11(13)14-15)18-7-4-5-19(16,17)6-7/h1-3,7,15H,4-6H2,(H2,13,14). The number of hydrogen-bond acceptors (Lipinski definition) is 5. The number of rotatable bonds is 3. The van der Waals surface area contributed by atoms with Gasteiger partial charge in [0.15, 0.2) is 15.7 Å². The van der Waals surface area contributed by atoms with Crippen LogP contribution in [0.1, 0.15) is 12.0 Å². The van der Waals surface area contributed by atoms with E-state index in [1.165, 1.54) is 12.1 Å². The molecule has 0 bridgehead atoms. The van der Waals surface area contributed by atoms with E-state index in [0.29, 0.717) is 6.42 Å². The third kappa shape index (κ3) is 2.95. The summed E-state index contributed by atoms with van der Waals surface area (Å²) >= 11 is 0. The molecule has 2 rings (SSSR count). The Kier molecular flexibility index (Phi) is 3.61. The molecule has 1 aromatic rings. The monoisotopic (exact) mass is 288 g/mol. The SMILES string of the molecule is N/C(=N\O)c1c(F)cccc1OC1CCS(=O)(=O)C1. The van der Waals surface area contributed by atoms with Crippen molar-refractivity contribution in [2.45, 2.75) is 12.5 Å². The molecular weight excluding hydrogens is 275 g/mol. The Hall–Kier alpha value is -1.83. The number of ether oxygens (including phenoxy) is 1. The maximum Gasteiger partial charge on any atom is 0.176 e. The lowest BCUT2D eigenvalue weighted by atomic mass is 10.1. The molecule has 1 aliphatic rings. The number of sulfone groups is 1. The number of nitrogens with two attached hydrogens (primary N) is 1. The van der Waals surface area contributed by atoms with E-state index < -0.39 is 27.6 Å². The first-order valence-electron chi connectivity index (χ1n) is 5.56. The predicted molar refractivity (Wildman–Crippen MR) is 66.6 cm³/mol. The van der Waals surface area contributed by atoms with Crippen LogP contribution in [0, 0.1) is 5.82 Å². The molecular formula is C11H13FN2O4S. The maximum absolute atomic E-state index is 13.6. The van der Waals surface area contributed by atoms with E-state index in [1.807, 2.05) is 0 Å². The number of hydrogen-bond donors (Lipinski definition) is 2. The van der Waals surface area contributed by atoms with Gasteiger partial charge in [0.25, 0.3) is 0 Å². The summed E-state index contributed by atoms with van der Waals surface area (Å²) < 4.78 is 41.8. The summed E-state index contributed by atoms with van der Waals surface area (Å²) in [4.78, 5) is 0. The zero-order valence-corrected chi connectivity index (χ0v) is 10.7. The molecule has 1 aliphatic heterocycles. The quantitative estimate of drug-likeness (QED) is 0.365. The van der Waals surface area contributed by atoms with Crippen molar-refractivity contribution in [3.05, 3.63) is 29.6 Å². The fourth-order valence-electron chi connectivity index (χ4n) is 1.93. The van der Waals surface area contributed by atoms with Crippen molar-refractivity contribution in [1.29, 1.82) is 0 Å². The number of nitrogens with zero attached hydrogens (tertiary/aromatic N) is 1.